The lowest BCUT2D eigenvalue weighted by molar-refractivity contribution is -0.144. The number of aliphatic carboxylic acids is 1. The first-order valence-corrected chi connectivity index (χ1v) is 9.90. The summed E-state index contributed by atoms with van der Waals surface area (Å²) < 4.78 is 0. The van der Waals surface area contributed by atoms with Crippen molar-refractivity contribution >= 4 is 39.2 Å². The SMILES string of the molecule is CC(O)C(NC(=O)CCN(C)c1ncnc2sc(-c3ccccc3)cc12)C(=O)O. The van der Waals surface area contributed by atoms with Crippen LogP contribution in [0.5, 0.6) is 0 Å². The van der Waals surface area contributed by atoms with Crippen LogP contribution in [0, 0.1) is 0 Å². The van der Waals surface area contributed by atoms with Crippen molar-refractivity contribution in [3.63, 3.8) is 0 Å². The van der Waals surface area contributed by atoms with Gasteiger partial charge in [0.1, 0.15) is 17.0 Å². The lowest BCUT2D eigenvalue weighted by Crippen LogP contribution is -2.48. The predicted octanol–water partition coefficient (Wildman–Crippen LogP) is 2.13. The Balaban J connectivity index is 1.72. The smallest absolute Gasteiger partial charge is 0.328 e. The summed E-state index contributed by atoms with van der Waals surface area (Å²) in [5.41, 5.74) is 1.10. The zero-order chi connectivity index (χ0) is 21.0. The molecule has 0 aliphatic heterocycles. The molecule has 0 fully saturated rings. The Kier molecular flexibility index (Phi) is 6.40. The van der Waals surface area contributed by atoms with Gasteiger partial charge in [0.15, 0.2) is 6.04 Å². The van der Waals surface area contributed by atoms with Crippen LogP contribution >= 0.6 is 11.3 Å². The minimum atomic E-state index is -1.33. The van der Waals surface area contributed by atoms with Crippen molar-refractivity contribution < 1.29 is 19.8 Å². The quantitative estimate of drug-likeness (QED) is 0.517. The van der Waals surface area contributed by atoms with Crippen molar-refractivity contribution in [3.05, 3.63) is 42.7 Å². The molecule has 1 amide bonds. The van der Waals surface area contributed by atoms with E-state index in [4.69, 9.17) is 5.11 Å². The number of aliphatic hydroxyl groups is 1. The van der Waals surface area contributed by atoms with Crippen LogP contribution in [0.3, 0.4) is 0 Å². The van der Waals surface area contributed by atoms with Crippen molar-refractivity contribution in [3.8, 4) is 10.4 Å². The summed E-state index contributed by atoms with van der Waals surface area (Å²) in [5, 5.41) is 21.8. The number of rotatable bonds is 8. The highest BCUT2D eigenvalue weighted by Gasteiger charge is 2.25. The Hall–Kier alpha value is -3.04. The molecule has 3 N–H and O–H groups in total. The molecule has 1 aromatic carbocycles. The monoisotopic (exact) mass is 414 g/mol. The van der Waals surface area contributed by atoms with E-state index in [2.05, 4.69) is 15.3 Å². The first-order chi connectivity index (χ1) is 13.9. The fourth-order valence-electron chi connectivity index (χ4n) is 2.90. The average Bonchev–Trinajstić information content (AvgIpc) is 3.14. The number of nitrogens with zero attached hydrogens (tertiary/aromatic N) is 3. The van der Waals surface area contributed by atoms with E-state index in [1.54, 1.807) is 11.3 Å². The van der Waals surface area contributed by atoms with E-state index in [-0.39, 0.29) is 6.42 Å². The van der Waals surface area contributed by atoms with Crippen LogP contribution in [0.4, 0.5) is 5.82 Å². The molecule has 0 bridgehead atoms. The molecule has 3 aromatic rings. The number of hydrogen-bond acceptors (Lipinski definition) is 7. The van der Waals surface area contributed by atoms with Gasteiger partial charge in [-0.15, -0.1) is 11.3 Å². The molecule has 29 heavy (non-hydrogen) atoms. The Morgan fingerprint density at radius 3 is 2.62 bits per heavy atom. The van der Waals surface area contributed by atoms with Gasteiger partial charge in [0, 0.05) is 24.9 Å². The Labute approximate surface area is 171 Å². The number of hydrogen-bond donors (Lipinski definition) is 3. The van der Waals surface area contributed by atoms with Crippen LogP contribution in [0.1, 0.15) is 13.3 Å². The van der Waals surface area contributed by atoms with Crippen molar-refractivity contribution in [1.29, 1.82) is 0 Å². The fourth-order valence-corrected chi connectivity index (χ4v) is 3.90. The summed E-state index contributed by atoms with van der Waals surface area (Å²) in [4.78, 5) is 35.7. The molecule has 0 saturated carbocycles. The van der Waals surface area contributed by atoms with Gasteiger partial charge in [0.2, 0.25) is 5.91 Å². The molecular formula is C20H22N4O4S. The molecule has 0 spiro atoms. The lowest BCUT2D eigenvalue weighted by Gasteiger charge is -2.20. The Morgan fingerprint density at radius 2 is 1.97 bits per heavy atom. The maximum Gasteiger partial charge on any atom is 0.328 e. The summed E-state index contributed by atoms with van der Waals surface area (Å²) in [6.45, 7) is 1.66. The molecule has 8 nitrogen and oxygen atoms in total. The van der Waals surface area contributed by atoms with Crippen molar-refractivity contribution in [1.82, 2.24) is 15.3 Å². The Morgan fingerprint density at radius 1 is 1.24 bits per heavy atom. The zero-order valence-electron chi connectivity index (χ0n) is 16.1. The summed E-state index contributed by atoms with van der Waals surface area (Å²) in [7, 11) is 1.82. The minimum absolute atomic E-state index is 0.0637. The normalized spacial score (nSPS) is 13.1. The van der Waals surface area contributed by atoms with Gasteiger partial charge in [-0.2, -0.15) is 0 Å². The fraction of sp³-hybridized carbons (Fsp3) is 0.300. The third-order valence-corrected chi connectivity index (χ3v) is 5.56. The van der Waals surface area contributed by atoms with Crippen LogP contribution in [0.25, 0.3) is 20.7 Å². The largest absolute Gasteiger partial charge is 0.480 e. The number of anilines is 1. The van der Waals surface area contributed by atoms with Gasteiger partial charge in [-0.25, -0.2) is 14.8 Å². The number of carboxylic acids is 1. The zero-order valence-corrected chi connectivity index (χ0v) is 16.9. The number of aliphatic hydroxyl groups excluding tert-OH is 1. The number of nitrogens with one attached hydrogen (secondary N) is 1. The highest BCUT2D eigenvalue weighted by molar-refractivity contribution is 7.21. The molecule has 2 atom stereocenters. The van der Waals surface area contributed by atoms with E-state index in [0.29, 0.717) is 12.4 Å². The number of amides is 1. The summed E-state index contributed by atoms with van der Waals surface area (Å²) >= 11 is 1.57. The lowest BCUT2D eigenvalue weighted by atomic mass is 10.1. The van der Waals surface area contributed by atoms with E-state index in [0.717, 1.165) is 20.7 Å². The molecule has 2 aromatic heterocycles. The van der Waals surface area contributed by atoms with Crippen molar-refractivity contribution in [2.24, 2.45) is 0 Å². The molecule has 0 aliphatic carbocycles. The first kappa shape index (κ1) is 20.7. The van der Waals surface area contributed by atoms with Crippen LogP contribution in [0.2, 0.25) is 0 Å². The molecule has 3 rings (SSSR count). The number of carboxylic acid groups (broad SMARTS) is 1. The number of carbonyl (C=O) groups excluding carboxylic acids is 1. The highest BCUT2D eigenvalue weighted by atomic mass is 32.1. The third-order valence-electron chi connectivity index (χ3n) is 4.47. The summed E-state index contributed by atoms with van der Waals surface area (Å²) in [6.07, 6.45) is 0.375. The maximum absolute atomic E-state index is 12.1. The second kappa shape index (κ2) is 8.97. The van der Waals surface area contributed by atoms with Gasteiger partial charge in [0.25, 0.3) is 0 Å². The summed E-state index contributed by atoms with van der Waals surface area (Å²) in [6, 6.07) is 10.7. The topological polar surface area (TPSA) is 116 Å². The molecule has 0 radical (unpaired) electrons. The molecule has 2 unspecified atom stereocenters. The van der Waals surface area contributed by atoms with Gasteiger partial charge in [-0.1, -0.05) is 30.3 Å². The van der Waals surface area contributed by atoms with Gasteiger partial charge >= 0.3 is 5.97 Å². The maximum atomic E-state index is 12.1. The van der Waals surface area contributed by atoms with Crippen LogP contribution in [-0.4, -0.2) is 57.8 Å². The van der Waals surface area contributed by atoms with Crippen LogP contribution in [0.15, 0.2) is 42.7 Å². The van der Waals surface area contributed by atoms with E-state index >= 15 is 0 Å². The molecule has 152 valence electrons. The van der Waals surface area contributed by atoms with E-state index in [1.165, 1.54) is 13.3 Å². The van der Waals surface area contributed by atoms with Crippen molar-refractivity contribution in [2.45, 2.75) is 25.5 Å². The number of benzene rings is 1. The van der Waals surface area contributed by atoms with Gasteiger partial charge < -0.3 is 20.4 Å². The first-order valence-electron chi connectivity index (χ1n) is 9.08. The highest BCUT2D eigenvalue weighted by Crippen LogP contribution is 2.35. The summed E-state index contributed by atoms with van der Waals surface area (Å²) in [5.74, 6) is -1.02. The van der Waals surface area contributed by atoms with E-state index < -0.39 is 24.0 Å². The van der Waals surface area contributed by atoms with Crippen LogP contribution in [-0.2, 0) is 9.59 Å². The molecule has 2 heterocycles. The predicted molar refractivity (Wildman–Crippen MR) is 112 cm³/mol. The molecular weight excluding hydrogens is 392 g/mol. The second-order valence-corrected chi connectivity index (χ2v) is 7.72. The average molecular weight is 414 g/mol. The van der Waals surface area contributed by atoms with Gasteiger partial charge in [-0.3, -0.25) is 4.79 Å². The molecule has 0 aliphatic rings. The van der Waals surface area contributed by atoms with Crippen LogP contribution < -0.4 is 10.2 Å². The minimum Gasteiger partial charge on any atom is -0.480 e. The standard InChI is InChI=1S/C20H22N4O4S/c1-12(25)17(20(27)28)23-16(26)8-9-24(2)18-14-10-15(13-6-4-3-5-7-13)29-19(14)22-11-21-18/h3-7,10-12,17,25H,8-9H2,1-2H3,(H,23,26)(H,27,28). The molecule has 0 saturated heterocycles. The number of aromatic nitrogens is 2. The number of thiophene rings is 1. The molecule has 9 heteroatoms. The van der Waals surface area contributed by atoms with E-state index in [9.17, 15) is 14.7 Å². The number of fused-ring (bicyclic) bond motifs is 1. The second-order valence-electron chi connectivity index (χ2n) is 6.69. The van der Waals surface area contributed by atoms with Gasteiger partial charge in [0.05, 0.1) is 11.5 Å². The van der Waals surface area contributed by atoms with Gasteiger partial charge in [-0.05, 0) is 18.6 Å². The van der Waals surface area contributed by atoms with E-state index in [1.807, 2.05) is 48.3 Å². The number of carbonyl (C=O) groups is 2. The van der Waals surface area contributed by atoms with Crippen molar-refractivity contribution in [2.75, 3.05) is 18.5 Å². The third kappa shape index (κ3) is 4.87. The Bertz CT molecular complexity index is 1010.